The molecule has 16 heteroatoms. The van der Waals surface area contributed by atoms with E-state index in [2.05, 4.69) is 36.3 Å². The van der Waals surface area contributed by atoms with Crippen molar-refractivity contribution >= 4 is 52.3 Å². The summed E-state index contributed by atoms with van der Waals surface area (Å²) in [7, 11) is 0. The van der Waals surface area contributed by atoms with Gasteiger partial charge in [-0.05, 0) is 131 Å². The van der Waals surface area contributed by atoms with Gasteiger partial charge >= 0.3 is 5.97 Å². The van der Waals surface area contributed by atoms with Gasteiger partial charge in [0, 0.05) is 59.1 Å². The normalized spacial score (nSPS) is 19.2. The fourth-order valence-corrected chi connectivity index (χ4v) is 10.5. The minimum atomic E-state index is -0.728. The summed E-state index contributed by atoms with van der Waals surface area (Å²) in [5.74, 6) is 0.482. The number of aryl methyl sites for hydroxylation is 2. The van der Waals surface area contributed by atoms with Crippen LogP contribution in [0.25, 0.3) is 0 Å². The smallest absolute Gasteiger partial charge is 0.311 e. The third-order valence-corrected chi connectivity index (χ3v) is 14.1. The van der Waals surface area contributed by atoms with E-state index in [-0.39, 0.29) is 37.0 Å². The largest absolute Gasteiger partial charge is 0.481 e. The van der Waals surface area contributed by atoms with Crippen LogP contribution in [-0.2, 0) is 43.3 Å². The molecule has 6 aliphatic rings. The molecule has 3 aliphatic carbocycles. The number of aromatic nitrogens is 6. The van der Waals surface area contributed by atoms with Gasteiger partial charge in [0.1, 0.15) is 17.5 Å². The lowest BCUT2D eigenvalue weighted by atomic mass is 9.90. The van der Waals surface area contributed by atoms with Crippen LogP contribution in [0.3, 0.4) is 0 Å². The molecule has 3 aromatic carbocycles. The zero-order chi connectivity index (χ0) is 46.4. The van der Waals surface area contributed by atoms with E-state index in [1.165, 1.54) is 28.8 Å². The van der Waals surface area contributed by atoms with Gasteiger partial charge in [-0.1, -0.05) is 62.0 Å². The zero-order valence-corrected chi connectivity index (χ0v) is 38.0. The van der Waals surface area contributed by atoms with E-state index >= 15 is 0 Å². The van der Waals surface area contributed by atoms with Gasteiger partial charge in [-0.15, -0.1) is 5.10 Å². The number of anilines is 6. The van der Waals surface area contributed by atoms with Crippen molar-refractivity contribution in [3.05, 3.63) is 123 Å². The number of nitrogens with one attached hydrogen (secondary N) is 4. The average Bonchev–Trinajstić information content (AvgIpc) is 4.05. The van der Waals surface area contributed by atoms with E-state index in [4.69, 9.17) is 22.3 Å². The Morgan fingerprint density at radius 2 is 1.01 bits per heavy atom. The molecule has 12 rings (SSSR count). The molecule has 3 aliphatic heterocycles. The van der Waals surface area contributed by atoms with E-state index in [0.717, 1.165) is 153 Å². The lowest BCUT2D eigenvalue weighted by Gasteiger charge is -2.26. The Balaban J connectivity index is 0.000000128. The molecule has 3 aromatic heterocycles. The molecule has 3 unspecified atom stereocenters. The van der Waals surface area contributed by atoms with Crippen LogP contribution >= 0.6 is 0 Å². The number of hydrogen-bond donors (Lipinski definition) is 8. The number of nitrogen functional groups attached to an aromatic ring is 3. The molecule has 3 atom stereocenters. The number of aromatic amines is 1. The van der Waals surface area contributed by atoms with Gasteiger partial charge in [-0.3, -0.25) is 19.5 Å². The monoisotopic (exact) mass is 923 g/mol. The number of benzene rings is 3. The van der Waals surface area contributed by atoms with Gasteiger partial charge in [0.15, 0.2) is 0 Å². The molecule has 0 saturated heterocycles. The number of nitrogens with zero attached hydrogens (tertiary/aromatic N) is 5. The number of fused-ring (bicyclic) bond motifs is 6. The van der Waals surface area contributed by atoms with Crippen molar-refractivity contribution in [3.8, 4) is 0 Å². The highest BCUT2D eigenvalue weighted by Crippen LogP contribution is 2.37. The SMILES string of the molecule is C.Nc1c2c(nn1C(=O)C1CCNc3ccccc31)CCCC2.Nc1n[nH]c2c1CCCC2.Nc1nn(C(=O)C2CCNc3ccccc32)c2c1CCCC2.O=C(O)C1CCNc2ccccc21. The Morgan fingerprint density at radius 1 is 0.544 bits per heavy atom. The van der Waals surface area contributed by atoms with Crippen LogP contribution in [0.5, 0.6) is 0 Å². The van der Waals surface area contributed by atoms with Crippen LogP contribution < -0.4 is 33.2 Å². The standard InChI is InChI=1S/2C17H20N4O.C10H11NO2.C7H11N3.CH4/c18-16-13-6-2-4-8-15(13)21(20-16)17(22)12-9-10-19-14-7-3-1-5-11(12)14;18-16-13-6-2-4-8-15(13)20-21(16)17(22)12-9-10-19-14-7-3-1-5-11(12)14;12-10(13)8-5-6-11-9-4-2-1-3-7(8)9;8-7-5-3-1-2-4-6(5)9-10-7;/h1,3,5,7,12,19H,2,4,6,8-10H2,(H2,18,20);1,3,5,7,12,19H,2,4,6,8-10,18H2;1-4,8,11H,5-6H2,(H,12,13);1-4H2,(H3,8,9,10);1H4. The highest BCUT2D eigenvalue weighted by molar-refractivity contribution is 5.90. The second kappa shape index (κ2) is 21.2. The van der Waals surface area contributed by atoms with Crippen molar-refractivity contribution in [1.29, 1.82) is 0 Å². The Bertz CT molecular complexity index is 2750. The molecular weight excluding hydrogens is 857 g/mol. The highest BCUT2D eigenvalue weighted by Gasteiger charge is 2.33. The highest BCUT2D eigenvalue weighted by atomic mass is 16.4. The molecule has 0 spiro atoms. The lowest BCUT2D eigenvalue weighted by Crippen LogP contribution is -2.29. The summed E-state index contributed by atoms with van der Waals surface area (Å²) in [4.78, 5) is 36.9. The van der Waals surface area contributed by atoms with Gasteiger partial charge < -0.3 is 38.3 Å². The van der Waals surface area contributed by atoms with Crippen LogP contribution in [0.1, 0.15) is 143 Å². The summed E-state index contributed by atoms with van der Waals surface area (Å²) in [5.41, 5.74) is 30.7. The molecule has 0 fully saturated rings. The maximum atomic E-state index is 13.1. The fourth-order valence-electron chi connectivity index (χ4n) is 10.5. The first-order valence-electron chi connectivity index (χ1n) is 24.0. The Morgan fingerprint density at radius 3 is 1.57 bits per heavy atom. The van der Waals surface area contributed by atoms with E-state index in [1.807, 2.05) is 72.8 Å². The van der Waals surface area contributed by atoms with Crippen LogP contribution in [0.15, 0.2) is 72.8 Å². The average molecular weight is 923 g/mol. The first-order valence-corrected chi connectivity index (χ1v) is 24.0. The summed E-state index contributed by atoms with van der Waals surface area (Å²) in [6.45, 7) is 2.36. The number of para-hydroxylation sites is 3. The minimum absolute atomic E-state index is 0. The van der Waals surface area contributed by atoms with Crippen LogP contribution in [0.4, 0.5) is 34.5 Å². The summed E-state index contributed by atoms with van der Waals surface area (Å²) in [6.07, 6.45) is 15.2. The first kappa shape index (κ1) is 47.4. The number of carbonyl (C=O) groups is 3. The summed E-state index contributed by atoms with van der Waals surface area (Å²) in [5, 5.41) is 34.6. The number of hydrogen-bond acceptors (Lipinski definition) is 12. The molecule has 0 radical (unpaired) electrons. The summed E-state index contributed by atoms with van der Waals surface area (Å²) in [6, 6.07) is 23.6. The Labute approximate surface area is 397 Å². The van der Waals surface area contributed by atoms with Gasteiger partial charge in [0.2, 0.25) is 0 Å². The number of carboxylic acid groups (broad SMARTS) is 1. The molecule has 0 amide bonds. The van der Waals surface area contributed by atoms with Crippen LogP contribution in [0.2, 0.25) is 0 Å². The van der Waals surface area contributed by atoms with Crippen LogP contribution in [-0.4, -0.2) is 72.3 Å². The van der Waals surface area contributed by atoms with Crippen molar-refractivity contribution in [2.24, 2.45) is 0 Å². The number of rotatable bonds is 3. The summed E-state index contributed by atoms with van der Waals surface area (Å²) >= 11 is 0. The van der Waals surface area contributed by atoms with Gasteiger partial charge in [0.05, 0.1) is 29.1 Å². The van der Waals surface area contributed by atoms with E-state index in [0.29, 0.717) is 23.9 Å². The molecule has 6 heterocycles. The second-order valence-corrected chi connectivity index (χ2v) is 18.2. The van der Waals surface area contributed by atoms with Gasteiger partial charge in [0.25, 0.3) is 11.8 Å². The second-order valence-electron chi connectivity index (χ2n) is 18.2. The van der Waals surface area contributed by atoms with Crippen molar-refractivity contribution in [2.45, 2.75) is 121 Å². The van der Waals surface area contributed by atoms with Crippen molar-refractivity contribution in [1.82, 2.24) is 29.8 Å². The number of aliphatic carboxylic acids is 1. The van der Waals surface area contributed by atoms with E-state index < -0.39 is 5.97 Å². The summed E-state index contributed by atoms with van der Waals surface area (Å²) < 4.78 is 3.05. The van der Waals surface area contributed by atoms with Crippen molar-refractivity contribution in [2.75, 3.05) is 52.8 Å². The minimum Gasteiger partial charge on any atom is -0.481 e. The number of nitrogens with two attached hydrogens (primary N) is 3. The zero-order valence-electron chi connectivity index (χ0n) is 38.0. The third kappa shape index (κ3) is 9.81. The lowest BCUT2D eigenvalue weighted by molar-refractivity contribution is -0.138. The number of carboxylic acids is 1. The van der Waals surface area contributed by atoms with Gasteiger partial charge in [-0.25, -0.2) is 4.68 Å². The maximum Gasteiger partial charge on any atom is 0.311 e. The van der Waals surface area contributed by atoms with E-state index in [1.54, 1.807) is 4.68 Å². The topological polar surface area (TPSA) is 250 Å². The Hall–Kier alpha value is -7.10. The van der Waals surface area contributed by atoms with Crippen molar-refractivity contribution in [3.63, 3.8) is 0 Å². The predicted molar refractivity (Wildman–Crippen MR) is 269 cm³/mol. The Kier molecular flexibility index (Phi) is 14.8. The molecule has 11 N–H and O–H groups in total. The van der Waals surface area contributed by atoms with Crippen molar-refractivity contribution < 1.29 is 19.5 Å². The quantitative estimate of drug-likeness (QED) is 0.0832. The fraction of sp³-hybridized carbons (Fsp3) is 0.423. The number of H-pyrrole nitrogens is 1. The molecule has 0 bridgehead atoms. The van der Waals surface area contributed by atoms with Crippen LogP contribution in [0, 0.1) is 0 Å². The van der Waals surface area contributed by atoms with Gasteiger partial charge in [-0.2, -0.15) is 14.9 Å². The molecule has 0 saturated carbocycles. The molecule has 16 nitrogen and oxygen atoms in total. The molecule has 358 valence electrons. The number of carbonyl (C=O) groups excluding carboxylic acids is 2. The van der Waals surface area contributed by atoms with E-state index in [9.17, 15) is 14.4 Å². The molecule has 68 heavy (non-hydrogen) atoms. The predicted octanol–water partition coefficient (Wildman–Crippen LogP) is 8.34. The third-order valence-electron chi connectivity index (χ3n) is 14.1. The maximum absolute atomic E-state index is 13.1. The molecular formula is C52H66N12O4. The molecule has 6 aromatic rings. The first-order chi connectivity index (χ1) is 32.7.